The largest absolute Gasteiger partial charge is 0.416 e. The lowest BCUT2D eigenvalue weighted by Crippen LogP contribution is -2.53. The molecule has 0 bridgehead atoms. The predicted molar refractivity (Wildman–Crippen MR) is 162 cm³/mol. The van der Waals surface area contributed by atoms with Gasteiger partial charge in [-0.3, -0.25) is 13.9 Å². The fourth-order valence-electron chi connectivity index (χ4n) is 4.28. The van der Waals surface area contributed by atoms with Gasteiger partial charge in [-0.2, -0.15) is 13.2 Å². The van der Waals surface area contributed by atoms with E-state index in [-0.39, 0.29) is 23.9 Å². The number of amides is 2. The first-order valence-corrected chi connectivity index (χ1v) is 15.9. The lowest BCUT2D eigenvalue weighted by atomic mass is 10.0. The van der Waals surface area contributed by atoms with E-state index in [0.717, 1.165) is 17.9 Å². The lowest BCUT2D eigenvalue weighted by Gasteiger charge is -2.34. The second-order valence-corrected chi connectivity index (χ2v) is 13.2. The highest BCUT2D eigenvalue weighted by molar-refractivity contribution is 7.92. The normalized spacial score (nSPS) is 12.6. The van der Waals surface area contributed by atoms with Crippen molar-refractivity contribution in [2.24, 2.45) is 5.92 Å². The summed E-state index contributed by atoms with van der Waals surface area (Å²) in [5, 5.41) is 2.92. The summed E-state index contributed by atoms with van der Waals surface area (Å²) in [5.74, 6) is -1.21. The summed E-state index contributed by atoms with van der Waals surface area (Å²) in [7, 11) is -4.32. The highest BCUT2D eigenvalue weighted by atomic mass is 35.5. The first-order valence-electron chi connectivity index (χ1n) is 13.3. The minimum atomic E-state index is -4.79. The molecule has 2 amide bonds. The van der Waals surface area contributed by atoms with E-state index in [4.69, 9.17) is 23.2 Å². The van der Waals surface area contributed by atoms with Gasteiger partial charge in [0.15, 0.2) is 0 Å². The van der Waals surface area contributed by atoms with E-state index in [1.807, 2.05) is 13.8 Å². The van der Waals surface area contributed by atoms with Crippen molar-refractivity contribution in [3.8, 4) is 0 Å². The third-order valence-electron chi connectivity index (χ3n) is 6.42. The highest BCUT2D eigenvalue weighted by Gasteiger charge is 2.36. The molecule has 0 aliphatic heterocycles. The van der Waals surface area contributed by atoms with Crippen LogP contribution in [0.2, 0.25) is 10.0 Å². The van der Waals surface area contributed by atoms with Gasteiger partial charge < -0.3 is 10.2 Å². The van der Waals surface area contributed by atoms with E-state index in [9.17, 15) is 31.2 Å². The number of hydrogen-bond donors (Lipinski definition) is 1. The Kier molecular flexibility index (Phi) is 11.5. The molecule has 0 fully saturated rings. The topological polar surface area (TPSA) is 86.8 Å². The van der Waals surface area contributed by atoms with Crippen molar-refractivity contribution in [3.63, 3.8) is 0 Å². The number of benzene rings is 3. The van der Waals surface area contributed by atoms with Crippen molar-refractivity contribution in [1.82, 2.24) is 10.2 Å². The van der Waals surface area contributed by atoms with Crippen molar-refractivity contribution < 1.29 is 31.2 Å². The first kappa shape index (κ1) is 34.2. The SMILES string of the molecule is CC(C)CNC(=O)[C@H](Cc1ccccc1)N(Cc1cccc(Cl)c1)C(=O)CN(c1cc(C(F)(F)F)ccc1Cl)S(C)(=O)=O. The van der Waals surface area contributed by atoms with Crippen LogP contribution in [0, 0.1) is 5.92 Å². The molecule has 0 unspecified atom stereocenters. The maximum Gasteiger partial charge on any atom is 0.416 e. The molecule has 0 saturated carbocycles. The number of nitrogens with one attached hydrogen (secondary N) is 1. The minimum absolute atomic E-state index is 0.0836. The molecule has 0 radical (unpaired) electrons. The number of hydrogen-bond acceptors (Lipinski definition) is 4. The summed E-state index contributed by atoms with van der Waals surface area (Å²) in [6.45, 7) is 3.08. The molecule has 0 aromatic heterocycles. The molecule has 3 rings (SSSR count). The average Bonchev–Trinajstić information content (AvgIpc) is 2.92. The summed E-state index contributed by atoms with van der Waals surface area (Å²) in [6, 6.07) is 16.6. The fourth-order valence-corrected chi connectivity index (χ4v) is 5.62. The van der Waals surface area contributed by atoms with Crippen molar-refractivity contribution in [3.05, 3.63) is 99.5 Å². The molecule has 0 spiro atoms. The number of rotatable bonds is 12. The van der Waals surface area contributed by atoms with Crippen LogP contribution in [0.3, 0.4) is 0 Å². The third-order valence-corrected chi connectivity index (χ3v) is 8.10. The zero-order valence-electron chi connectivity index (χ0n) is 23.7. The molecule has 7 nitrogen and oxygen atoms in total. The third kappa shape index (κ3) is 9.87. The number of anilines is 1. The molecule has 232 valence electrons. The number of alkyl halides is 3. The molecular weight excluding hydrogens is 626 g/mol. The van der Waals surface area contributed by atoms with Crippen LogP contribution in [-0.2, 0) is 38.8 Å². The smallest absolute Gasteiger partial charge is 0.354 e. The summed E-state index contributed by atoms with van der Waals surface area (Å²) in [4.78, 5) is 28.9. The van der Waals surface area contributed by atoms with Crippen LogP contribution in [0.1, 0.15) is 30.5 Å². The Labute approximate surface area is 259 Å². The molecule has 43 heavy (non-hydrogen) atoms. The number of sulfonamides is 1. The Hall–Kier alpha value is -3.28. The van der Waals surface area contributed by atoms with Crippen molar-refractivity contribution in [1.29, 1.82) is 0 Å². The quantitative estimate of drug-likeness (QED) is 0.252. The number of carbonyl (C=O) groups is 2. The molecule has 3 aromatic carbocycles. The fraction of sp³-hybridized carbons (Fsp3) is 0.333. The zero-order valence-corrected chi connectivity index (χ0v) is 26.1. The summed E-state index contributed by atoms with van der Waals surface area (Å²) in [5.41, 5.74) is -0.367. The zero-order chi connectivity index (χ0) is 31.9. The van der Waals surface area contributed by atoms with Crippen molar-refractivity contribution >= 4 is 50.7 Å². The molecule has 13 heteroatoms. The Bertz CT molecular complexity index is 1540. The van der Waals surface area contributed by atoms with E-state index >= 15 is 0 Å². The van der Waals surface area contributed by atoms with Gasteiger partial charge in [0.25, 0.3) is 0 Å². The van der Waals surface area contributed by atoms with Gasteiger partial charge >= 0.3 is 6.18 Å². The average molecular weight is 659 g/mol. The molecular formula is C30H32Cl2F3N3O4S. The Morgan fingerprint density at radius 3 is 2.16 bits per heavy atom. The maximum absolute atomic E-state index is 14.1. The van der Waals surface area contributed by atoms with E-state index < -0.39 is 51.9 Å². The summed E-state index contributed by atoms with van der Waals surface area (Å²) >= 11 is 12.4. The standard InChI is InChI=1S/C30H32Cl2F3N3O4S/c1-20(2)17-36-29(40)27(15-21-8-5-4-6-9-21)37(18-22-10-7-11-24(31)14-22)28(39)19-38(43(3,41)42)26-16-23(30(33,34)35)12-13-25(26)32/h4-14,16,20,27H,15,17-19H2,1-3H3,(H,36,40)/t27-/m0/s1. The van der Waals surface area contributed by atoms with Crippen LogP contribution in [-0.4, -0.2) is 50.5 Å². The van der Waals surface area contributed by atoms with Gasteiger partial charge in [-0.05, 0) is 47.4 Å². The van der Waals surface area contributed by atoms with Gasteiger partial charge in [0, 0.05) is 24.5 Å². The van der Waals surface area contributed by atoms with E-state index in [1.54, 1.807) is 54.6 Å². The van der Waals surface area contributed by atoms with Crippen LogP contribution >= 0.6 is 23.2 Å². The van der Waals surface area contributed by atoms with Crippen molar-refractivity contribution in [2.75, 3.05) is 23.7 Å². The predicted octanol–water partition coefficient (Wildman–Crippen LogP) is 6.19. The number of halogens is 5. The number of carbonyl (C=O) groups excluding carboxylic acids is 2. The van der Waals surface area contributed by atoms with E-state index in [2.05, 4.69) is 5.32 Å². The van der Waals surface area contributed by atoms with Crippen LogP contribution < -0.4 is 9.62 Å². The van der Waals surface area contributed by atoms with Gasteiger partial charge in [-0.25, -0.2) is 8.42 Å². The minimum Gasteiger partial charge on any atom is -0.354 e. The van der Waals surface area contributed by atoms with Crippen LogP contribution in [0.5, 0.6) is 0 Å². The van der Waals surface area contributed by atoms with E-state index in [0.29, 0.717) is 33.6 Å². The Morgan fingerprint density at radius 1 is 0.930 bits per heavy atom. The first-order chi connectivity index (χ1) is 20.1. The van der Waals surface area contributed by atoms with Gasteiger partial charge in [-0.15, -0.1) is 0 Å². The molecule has 1 N–H and O–H groups in total. The van der Waals surface area contributed by atoms with Crippen LogP contribution in [0.25, 0.3) is 0 Å². The monoisotopic (exact) mass is 657 g/mol. The molecule has 0 aliphatic carbocycles. The van der Waals surface area contributed by atoms with Gasteiger partial charge in [0.05, 0.1) is 22.5 Å². The molecule has 1 atom stereocenters. The maximum atomic E-state index is 14.1. The van der Waals surface area contributed by atoms with E-state index in [1.165, 1.54) is 4.90 Å². The van der Waals surface area contributed by atoms with Gasteiger partial charge in [0.1, 0.15) is 12.6 Å². The Morgan fingerprint density at radius 2 is 1.58 bits per heavy atom. The van der Waals surface area contributed by atoms with Crippen LogP contribution in [0.4, 0.5) is 18.9 Å². The molecule has 0 heterocycles. The number of nitrogens with zero attached hydrogens (tertiary/aromatic N) is 2. The summed E-state index contributed by atoms with van der Waals surface area (Å²) < 4.78 is 66.9. The van der Waals surface area contributed by atoms with Crippen LogP contribution in [0.15, 0.2) is 72.8 Å². The van der Waals surface area contributed by atoms with Gasteiger partial charge in [-0.1, -0.05) is 79.5 Å². The Balaban J connectivity index is 2.11. The van der Waals surface area contributed by atoms with Crippen molar-refractivity contribution in [2.45, 2.75) is 39.0 Å². The molecule has 0 aliphatic rings. The second-order valence-electron chi connectivity index (χ2n) is 10.4. The highest BCUT2D eigenvalue weighted by Crippen LogP contribution is 2.36. The second kappa shape index (κ2) is 14.5. The molecule has 0 saturated heterocycles. The lowest BCUT2D eigenvalue weighted by molar-refractivity contribution is -0.140. The van der Waals surface area contributed by atoms with Gasteiger partial charge in [0.2, 0.25) is 21.8 Å². The molecule has 3 aromatic rings. The summed E-state index contributed by atoms with van der Waals surface area (Å²) in [6.07, 6.45) is -3.95.